The third-order valence-corrected chi connectivity index (χ3v) is 6.91. The molecule has 0 radical (unpaired) electrons. The van der Waals surface area contributed by atoms with Crippen LogP contribution in [0.15, 0.2) is 53.4 Å². The first kappa shape index (κ1) is 23.4. The Morgan fingerprint density at radius 3 is 2.47 bits per heavy atom. The molecule has 0 unspecified atom stereocenters. The van der Waals surface area contributed by atoms with E-state index in [1.165, 1.54) is 53.2 Å². The fourth-order valence-electron chi connectivity index (χ4n) is 3.39. The Morgan fingerprint density at radius 2 is 1.85 bits per heavy atom. The van der Waals surface area contributed by atoms with Crippen molar-refractivity contribution in [3.63, 3.8) is 0 Å². The van der Waals surface area contributed by atoms with Crippen molar-refractivity contribution in [1.29, 1.82) is 5.26 Å². The number of amides is 1. The first-order valence-corrected chi connectivity index (χ1v) is 12.2. The molecule has 1 aromatic heterocycles. The van der Waals surface area contributed by atoms with Crippen molar-refractivity contribution in [2.45, 2.75) is 36.6 Å². The lowest BCUT2D eigenvalue weighted by Gasteiger charge is -2.07. The van der Waals surface area contributed by atoms with Crippen molar-refractivity contribution < 1.29 is 17.6 Å². The lowest BCUT2D eigenvalue weighted by molar-refractivity contribution is 0.0953. The first-order valence-electron chi connectivity index (χ1n) is 10.7. The minimum atomic E-state index is -3.57. The van der Waals surface area contributed by atoms with Crippen molar-refractivity contribution in [3.8, 4) is 11.8 Å². The normalized spacial score (nSPS) is 13.4. The van der Waals surface area contributed by atoms with Crippen molar-refractivity contribution in [3.05, 3.63) is 71.2 Å². The number of anilines is 1. The molecule has 9 nitrogen and oxygen atoms in total. The highest BCUT2D eigenvalue weighted by Gasteiger charge is 2.28. The van der Waals surface area contributed by atoms with E-state index in [0.29, 0.717) is 36.3 Å². The molecular formula is C23H23FN6O3S. The van der Waals surface area contributed by atoms with E-state index in [9.17, 15) is 22.9 Å². The van der Waals surface area contributed by atoms with E-state index in [0.717, 1.165) is 12.8 Å². The molecule has 34 heavy (non-hydrogen) atoms. The van der Waals surface area contributed by atoms with Crippen molar-refractivity contribution in [1.82, 2.24) is 19.8 Å². The fourth-order valence-corrected chi connectivity index (χ4v) is 4.69. The minimum Gasteiger partial charge on any atom is -0.382 e. The highest BCUT2D eigenvalue weighted by atomic mass is 32.2. The summed E-state index contributed by atoms with van der Waals surface area (Å²) in [6.45, 7) is 0.316. The zero-order valence-corrected chi connectivity index (χ0v) is 19.0. The van der Waals surface area contributed by atoms with Gasteiger partial charge in [-0.25, -0.2) is 22.2 Å². The highest BCUT2D eigenvalue weighted by molar-refractivity contribution is 7.89. The molecule has 0 aliphatic heterocycles. The quantitative estimate of drug-likeness (QED) is 0.399. The number of halogens is 1. The summed E-state index contributed by atoms with van der Waals surface area (Å²) in [6.07, 6.45) is 2.58. The molecule has 176 valence electrons. The van der Waals surface area contributed by atoms with Gasteiger partial charge in [-0.2, -0.15) is 10.4 Å². The number of aromatic nitrogens is 2. The second-order valence-electron chi connectivity index (χ2n) is 7.99. The van der Waals surface area contributed by atoms with E-state index in [-0.39, 0.29) is 28.2 Å². The van der Waals surface area contributed by atoms with Gasteiger partial charge in [0.05, 0.1) is 16.3 Å². The van der Waals surface area contributed by atoms with E-state index in [1.54, 1.807) is 0 Å². The summed E-state index contributed by atoms with van der Waals surface area (Å²) in [6, 6.07) is 13.4. The topological polar surface area (TPSA) is 143 Å². The molecule has 1 amide bonds. The predicted octanol–water partition coefficient (Wildman–Crippen LogP) is 2.27. The summed E-state index contributed by atoms with van der Waals surface area (Å²) >= 11 is 0. The summed E-state index contributed by atoms with van der Waals surface area (Å²) in [7, 11) is -3.57. The van der Waals surface area contributed by atoms with Crippen molar-refractivity contribution >= 4 is 21.7 Å². The summed E-state index contributed by atoms with van der Waals surface area (Å²) in [5.41, 5.74) is 7.65. The van der Waals surface area contributed by atoms with Gasteiger partial charge < -0.3 is 11.1 Å². The van der Waals surface area contributed by atoms with Crippen LogP contribution in [0.5, 0.6) is 0 Å². The number of nitrogens with one attached hydrogen (secondary N) is 2. The molecule has 0 bridgehead atoms. The van der Waals surface area contributed by atoms with Gasteiger partial charge in [0.2, 0.25) is 10.0 Å². The van der Waals surface area contributed by atoms with Crippen LogP contribution in [0.25, 0.3) is 5.69 Å². The Labute approximate surface area is 196 Å². The molecule has 0 spiro atoms. The SMILES string of the molecule is N#Cc1c(CCCNC(=O)c2ccc(S(=O)(=O)NC3CC3)cc2)nn(-c2ccc(F)cc2)c1N. The Kier molecular flexibility index (Phi) is 6.63. The molecule has 1 fully saturated rings. The summed E-state index contributed by atoms with van der Waals surface area (Å²) in [5.74, 6) is -0.563. The van der Waals surface area contributed by atoms with Gasteiger partial charge in [-0.1, -0.05) is 0 Å². The number of sulfonamides is 1. The number of nitrogen functional groups attached to an aromatic ring is 1. The number of hydrogen-bond acceptors (Lipinski definition) is 6. The van der Waals surface area contributed by atoms with Gasteiger partial charge >= 0.3 is 0 Å². The van der Waals surface area contributed by atoms with Gasteiger partial charge in [-0.3, -0.25) is 4.79 Å². The number of benzene rings is 2. The van der Waals surface area contributed by atoms with Crippen LogP contribution in [-0.4, -0.2) is 36.7 Å². The van der Waals surface area contributed by atoms with Crippen LogP contribution in [0.3, 0.4) is 0 Å². The van der Waals surface area contributed by atoms with Gasteiger partial charge in [0.25, 0.3) is 5.91 Å². The average Bonchev–Trinajstić information content (AvgIpc) is 3.57. The number of nitriles is 1. The van der Waals surface area contributed by atoms with Crippen LogP contribution < -0.4 is 15.8 Å². The smallest absolute Gasteiger partial charge is 0.251 e. The third kappa shape index (κ3) is 5.24. The Bertz CT molecular complexity index is 1340. The molecule has 3 aromatic rings. The van der Waals surface area contributed by atoms with Crippen molar-refractivity contribution in [2.75, 3.05) is 12.3 Å². The second-order valence-corrected chi connectivity index (χ2v) is 9.70. The van der Waals surface area contributed by atoms with Gasteiger partial charge in [0, 0.05) is 18.2 Å². The average molecular weight is 483 g/mol. The zero-order chi connectivity index (χ0) is 24.3. The van der Waals surface area contributed by atoms with E-state index in [4.69, 9.17) is 5.73 Å². The molecule has 2 aromatic carbocycles. The molecule has 1 saturated carbocycles. The van der Waals surface area contributed by atoms with Gasteiger partial charge in [0.1, 0.15) is 23.3 Å². The number of hydrogen-bond donors (Lipinski definition) is 3. The molecule has 11 heteroatoms. The standard InChI is InChI=1S/C23H23FN6O3S/c24-16-5-9-18(10-6-16)30-22(26)20(14-25)21(28-30)2-1-13-27-23(31)15-3-11-19(12-4-15)34(32,33)29-17-7-8-17/h3-6,9-12,17,29H,1-2,7-8,13,26H2,(H,27,31). The fraction of sp³-hybridized carbons (Fsp3) is 0.261. The molecule has 0 atom stereocenters. The lowest BCUT2D eigenvalue weighted by atomic mass is 10.1. The second kappa shape index (κ2) is 9.62. The Balaban J connectivity index is 1.33. The van der Waals surface area contributed by atoms with Crippen LogP contribution in [0.1, 0.15) is 40.9 Å². The molecule has 1 aliphatic carbocycles. The van der Waals surface area contributed by atoms with Gasteiger partial charge in [0.15, 0.2) is 0 Å². The van der Waals surface area contributed by atoms with Crippen molar-refractivity contribution in [2.24, 2.45) is 0 Å². The van der Waals surface area contributed by atoms with E-state index in [2.05, 4.69) is 15.1 Å². The molecular weight excluding hydrogens is 459 g/mol. The number of nitrogens with zero attached hydrogens (tertiary/aromatic N) is 3. The highest BCUT2D eigenvalue weighted by Crippen LogP contribution is 2.23. The third-order valence-electron chi connectivity index (χ3n) is 5.38. The monoisotopic (exact) mass is 482 g/mol. The number of nitrogens with two attached hydrogens (primary N) is 1. The molecule has 1 heterocycles. The number of aryl methyl sites for hydroxylation is 1. The Hall–Kier alpha value is -3.75. The van der Waals surface area contributed by atoms with E-state index < -0.39 is 15.8 Å². The Morgan fingerprint density at radius 1 is 1.18 bits per heavy atom. The number of carbonyl (C=O) groups is 1. The van der Waals surface area contributed by atoms with Crippen LogP contribution in [0.2, 0.25) is 0 Å². The maximum atomic E-state index is 13.2. The van der Waals surface area contributed by atoms with E-state index >= 15 is 0 Å². The van der Waals surface area contributed by atoms with Gasteiger partial charge in [-0.15, -0.1) is 0 Å². The lowest BCUT2D eigenvalue weighted by Crippen LogP contribution is -2.26. The molecule has 4 N–H and O–H groups in total. The van der Waals surface area contributed by atoms with E-state index in [1.807, 2.05) is 6.07 Å². The van der Waals surface area contributed by atoms with Crippen LogP contribution in [0, 0.1) is 17.1 Å². The maximum absolute atomic E-state index is 13.2. The first-order chi connectivity index (χ1) is 16.3. The predicted molar refractivity (Wildman–Crippen MR) is 123 cm³/mol. The zero-order valence-electron chi connectivity index (χ0n) is 18.2. The summed E-state index contributed by atoms with van der Waals surface area (Å²) in [5, 5.41) is 16.6. The minimum absolute atomic E-state index is 0.00645. The summed E-state index contributed by atoms with van der Waals surface area (Å²) in [4.78, 5) is 12.5. The number of rotatable bonds is 9. The maximum Gasteiger partial charge on any atom is 0.251 e. The molecule has 0 saturated heterocycles. The summed E-state index contributed by atoms with van der Waals surface area (Å²) < 4.78 is 41.6. The number of carbonyl (C=O) groups excluding carboxylic acids is 1. The molecule has 1 aliphatic rings. The van der Waals surface area contributed by atoms with Crippen LogP contribution >= 0.6 is 0 Å². The largest absolute Gasteiger partial charge is 0.382 e. The van der Waals surface area contributed by atoms with Gasteiger partial charge in [-0.05, 0) is 74.2 Å². The van der Waals surface area contributed by atoms with Crippen LogP contribution in [-0.2, 0) is 16.4 Å². The molecule has 4 rings (SSSR count). The van der Waals surface area contributed by atoms with Crippen LogP contribution in [0.4, 0.5) is 10.2 Å².